The van der Waals surface area contributed by atoms with Gasteiger partial charge in [-0.15, -0.1) is 0 Å². The summed E-state index contributed by atoms with van der Waals surface area (Å²) in [5.41, 5.74) is 7.06. The summed E-state index contributed by atoms with van der Waals surface area (Å²) in [6, 6.07) is 7.72. The van der Waals surface area contributed by atoms with Gasteiger partial charge >= 0.3 is 0 Å². The smallest absolute Gasteiger partial charge is 0.247 e. The van der Waals surface area contributed by atoms with Crippen molar-refractivity contribution in [3.8, 4) is 0 Å². The number of hydrogen-bond donors (Lipinski definition) is 3. The van der Waals surface area contributed by atoms with Crippen LogP contribution in [0.4, 0.5) is 0 Å². The zero-order valence-electron chi connectivity index (χ0n) is 16.7. The molecule has 29 heavy (non-hydrogen) atoms. The molecule has 1 rings (SSSR count). The standard InChI is InChI=1S/C22H29N3O4/c1-4-9-19(16(3)29-5-2)24-22(28)20(25-21(27)18(23)14-15-26)13-12-17-10-7-6-8-11-17/h4,6-11,15,18,20H,1,3,5,12-14,23H2,2H3,(H,24,28)(H,25,27)/b19-9+. The van der Waals surface area contributed by atoms with Crippen LogP contribution in [-0.2, 0) is 25.5 Å². The van der Waals surface area contributed by atoms with E-state index in [1.807, 2.05) is 30.3 Å². The van der Waals surface area contributed by atoms with Gasteiger partial charge in [0.05, 0.1) is 18.3 Å². The van der Waals surface area contributed by atoms with Gasteiger partial charge in [0.1, 0.15) is 18.1 Å². The molecule has 1 aromatic rings. The van der Waals surface area contributed by atoms with E-state index in [1.54, 1.807) is 13.0 Å². The van der Waals surface area contributed by atoms with Crippen LogP contribution >= 0.6 is 0 Å². The van der Waals surface area contributed by atoms with Crippen molar-refractivity contribution < 1.29 is 19.1 Å². The maximum absolute atomic E-state index is 12.9. The Bertz CT molecular complexity index is 744. The SMILES string of the molecule is C=C/C=C(/NC(=O)C(CCc1ccccc1)NC(=O)C(N)CC=O)C(=C)OCC. The molecule has 156 valence electrons. The molecule has 0 saturated heterocycles. The normalized spacial score (nSPS) is 13.0. The third kappa shape index (κ3) is 8.57. The Morgan fingerprint density at radius 1 is 1.24 bits per heavy atom. The van der Waals surface area contributed by atoms with Crippen molar-refractivity contribution >= 4 is 18.1 Å². The van der Waals surface area contributed by atoms with Gasteiger partial charge in [0.2, 0.25) is 11.8 Å². The van der Waals surface area contributed by atoms with Crippen LogP contribution in [0.3, 0.4) is 0 Å². The molecule has 0 aliphatic heterocycles. The van der Waals surface area contributed by atoms with E-state index >= 15 is 0 Å². The van der Waals surface area contributed by atoms with Crippen molar-refractivity contribution in [2.45, 2.75) is 38.3 Å². The highest BCUT2D eigenvalue weighted by atomic mass is 16.5. The lowest BCUT2D eigenvalue weighted by molar-refractivity contribution is -0.129. The van der Waals surface area contributed by atoms with Crippen LogP contribution in [-0.4, -0.2) is 36.8 Å². The number of aldehydes is 1. The van der Waals surface area contributed by atoms with Crippen LogP contribution in [0.25, 0.3) is 0 Å². The molecule has 0 spiro atoms. The quantitative estimate of drug-likeness (QED) is 0.266. The fraction of sp³-hybridized carbons (Fsp3) is 0.318. The molecule has 2 atom stereocenters. The van der Waals surface area contributed by atoms with E-state index in [0.717, 1.165) is 5.56 Å². The minimum absolute atomic E-state index is 0.123. The number of allylic oxidation sites excluding steroid dienone is 2. The van der Waals surface area contributed by atoms with E-state index in [0.29, 0.717) is 31.4 Å². The second kappa shape index (κ2) is 13.1. The first-order valence-corrected chi connectivity index (χ1v) is 9.42. The predicted octanol–water partition coefficient (Wildman–Crippen LogP) is 1.76. The number of hydrogen-bond acceptors (Lipinski definition) is 5. The Hall–Kier alpha value is -3.19. The zero-order chi connectivity index (χ0) is 21.6. The summed E-state index contributed by atoms with van der Waals surface area (Å²) in [5.74, 6) is -0.726. The second-order valence-electron chi connectivity index (χ2n) is 6.26. The molecule has 4 N–H and O–H groups in total. The molecule has 0 aliphatic carbocycles. The number of nitrogens with one attached hydrogen (secondary N) is 2. The lowest BCUT2D eigenvalue weighted by Crippen LogP contribution is -2.51. The number of aryl methyl sites for hydroxylation is 1. The van der Waals surface area contributed by atoms with Crippen molar-refractivity contribution in [2.24, 2.45) is 5.73 Å². The molecule has 0 bridgehead atoms. The summed E-state index contributed by atoms with van der Waals surface area (Å²) in [7, 11) is 0. The first kappa shape index (κ1) is 23.8. The van der Waals surface area contributed by atoms with Gasteiger partial charge in [-0.1, -0.05) is 49.6 Å². The molecule has 0 radical (unpaired) electrons. The molecule has 2 amide bonds. The first-order valence-electron chi connectivity index (χ1n) is 9.42. The summed E-state index contributed by atoms with van der Waals surface area (Å²) in [6.45, 7) is 9.59. The Morgan fingerprint density at radius 3 is 2.52 bits per heavy atom. The number of carbonyl (C=O) groups excluding carboxylic acids is 3. The summed E-state index contributed by atoms with van der Waals surface area (Å²) < 4.78 is 5.35. The average Bonchev–Trinajstić information content (AvgIpc) is 2.71. The fourth-order valence-corrected chi connectivity index (χ4v) is 2.51. The van der Waals surface area contributed by atoms with Gasteiger partial charge in [0.25, 0.3) is 0 Å². The Morgan fingerprint density at radius 2 is 1.93 bits per heavy atom. The fourth-order valence-electron chi connectivity index (χ4n) is 2.51. The summed E-state index contributed by atoms with van der Waals surface area (Å²) in [4.78, 5) is 35.7. The lowest BCUT2D eigenvalue weighted by Gasteiger charge is -2.21. The largest absolute Gasteiger partial charge is 0.492 e. The van der Waals surface area contributed by atoms with Gasteiger partial charge in [-0.3, -0.25) is 9.59 Å². The van der Waals surface area contributed by atoms with Crippen molar-refractivity contribution in [1.29, 1.82) is 0 Å². The molecule has 0 aromatic heterocycles. The number of ether oxygens (including phenoxy) is 1. The molecule has 0 saturated carbocycles. The van der Waals surface area contributed by atoms with Crippen LogP contribution in [0.1, 0.15) is 25.3 Å². The molecule has 0 fully saturated rings. The molecule has 0 heterocycles. The van der Waals surface area contributed by atoms with Crippen molar-refractivity contribution in [3.63, 3.8) is 0 Å². The van der Waals surface area contributed by atoms with Gasteiger partial charge in [-0.2, -0.15) is 0 Å². The minimum atomic E-state index is -1.01. The van der Waals surface area contributed by atoms with Crippen LogP contribution < -0.4 is 16.4 Å². The maximum atomic E-state index is 12.9. The van der Waals surface area contributed by atoms with Gasteiger partial charge in [0, 0.05) is 6.42 Å². The average molecular weight is 399 g/mol. The Kier molecular flexibility index (Phi) is 10.7. The minimum Gasteiger partial charge on any atom is -0.492 e. The van der Waals surface area contributed by atoms with E-state index < -0.39 is 23.9 Å². The topological polar surface area (TPSA) is 111 Å². The number of amides is 2. The predicted molar refractivity (Wildman–Crippen MR) is 113 cm³/mol. The first-order chi connectivity index (χ1) is 13.9. The van der Waals surface area contributed by atoms with E-state index in [9.17, 15) is 14.4 Å². The highest BCUT2D eigenvalue weighted by Gasteiger charge is 2.24. The lowest BCUT2D eigenvalue weighted by atomic mass is 10.0. The number of benzene rings is 1. The van der Waals surface area contributed by atoms with E-state index in [4.69, 9.17) is 10.5 Å². The Balaban J connectivity index is 2.94. The van der Waals surface area contributed by atoms with Gasteiger partial charge < -0.3 is 25.9 Å². The van der Waals surface area contributed by atoms with Gasteiger partial charge in [-0.05, 0) is 31.4 Å². The molecular formula is C22H29N3O4. The van der Waals surface area contributed by atoms with Crippen LogP contribution in [0, 0.1) is 0 Å². The molecule has 7 heteroatoms. The molecule has 7 nitrogen and oxygen atoms in total. The number of nitrogens with two attached hydrogens (primary N) is 1. The highest BCUT2D eigenvalue weighted by molar-refractivity contribution is 5.91. The molecular weight excluding hydrogens is 370 g/mol. The number of carbonyl (C=O) groups is 3. The molecule has 1 aromatic carbocycles. The van der Waals surface area contributed by atoms with Crippen LogP contribution in [0.15, 0.2) is 67.1 Å². The van der Waals surface area contributed by atoms with Crippen LogP contribution in [0.2, 0.25) is 0 Å². The van der Waals surface area contributed by atoms with Crippen LogP contribution in [0.5, 0.6) is 0 Å². The Labute approximate surface area is 171 Å². The maximum Gasteiger partial charge on any atom is 0.247 e. The molecule has 2 unspecified atom stereocenters. The summed E-state index contributed by atoms with van der Waals surface area (Å²) >= 11 is 0. The third-order valence-corrected chi connectivity index (χ3v) is 4.05. The monoisotopic (exact) mass is 399 g/mol. The van der Waals surface area contributed by atoms with E-state index in [-0.39, 0.29) is 12.2 Å². The second-order valence-corrected chi connectivity index (χ2v) is 6.26. The summed E-state index contributed by atoms with van der Waals surface area (Å²) in [5, 5.41) is 5.35. The van der Waals surface area contributed by atoms with Crippen molar-refractivity contribution in [3.05, 3.63) is 72.7 Å². The van der Waals surface area contributed by atoms with Gasteiger partial charge in [-0.25, -0.2) is 0 Å². The van der Waals surface area contributed by atoms with Crippen molar-refractivity contribution in [2.75, 3.05) is 6.61 Å². The molecule has 0 aliphatic rings. The van der Waals surface area contributed by atoms with Crippen molar-refractivity contribution in [1.82, 2.24) is 10.6 Å². The summed E-state index contributed by atoms with van der Waals surface area (Å²) in [6.07, 6.45) is 4.41. The van der Waals surface area contributed by atoms with Gasteiger partial charge in [0.15, 0.2) is 0 Å². The van der Waals surface area contributed by atoms with E-state index in [1.165, 1.54) is 6.08 Å². The zero-order valence-corrected chi connectivity index (χ0v) is 16.7. The number of rotatable bonds is 13. The third-order valence-electron chi connectivity index (χ3n) is 4.05. The van der Waals surface area contributed by atoms with E-state index in [2.05, 4.69) is 23.8 Å². The highest BCUT2D eigenvalue weighted by Crippen LogP contribution is 2.10.